The van der Waals surface area contributed by atoms with Gasteiger partial charge in [-0.25, -0.2) is 4.79 Å². The third-order valence-corrected chi connectivity index (χ3v) is 3.75. The highest BCUT2D eigenvalue weighted by molar-refractivity contribution is 5.86. The fourth-order valence-electron chi connectivity index (χ4n) is 2.67. The molecule has 7 nitrogen and oxygen atoms in total. The first-order valence-corrected chi connectivity index (χ1v) is 6.93. The zero-order chi connectivity index (χ0) is 15.6. The molecular weight excluding hydrogens is 272 g/mol. The first kappa shape index (κ1) is 15.1. The van der Waals surface area contributed by atoms with Crippen LogP contribution in [0, 0.1) is 13.8 Å². The highest BCUT2D eigenvalue weighted by atomic mass is 16.2. The summed E-state index contributed by atoms with van der Waals surface area (Å²) in [6, 6.07) is 0.934. The summed E-state index contributed by atoms with van der Waals surface area (Å²) in [7, 11) is 0. The molecule has 1 saturated heterocycles. The van der Waals surface area contributed by atoms with Crippen LogP contribution in [-0.4, -0.2) is 34.4 Å². The number of primary amides is 1. The molecule has 0 aromatic carbocycles. The van der Waals surface area contributed by atoms with E-state index in [1.165, 1.54) is 4.90 Å². The number of nitrogens with one attached hydrogen (secondary N) is 2. The summed E-state index contributed by atoms with van der Waals surface area (Å²) in [6.07, 6.45) is 1.35. The number of carbonyl (C=O) groups is 2. The molecule has 1 aliphatic heterocycles. The maximum Gasteiger partial charge on any atom is 0.318 e. The molecule has 114 valence electrons. The van der Waals surface area contributed by atoms with Crippen LogP contribution in [0.15, 0.2) is 10.9 Å². The van der Waals surface area contributed by atoms with Crippen molar-refractivity contribution >= 4 is 11.9 Å². The lowest BCUT2D eigenvalue weighted by atomic mass is 10.1. The second-order valence-electron chi connectivity index (χ2n) is 5.36. The van der Waals surface area contributed by atoms with E-state index in [2.05, 4.69) is 10.3 Å². The van der Waals surface area contributed by atoms with Crippen LogP contribution in [0.5, 0.6) is 0 Å². The summed E-state index contributed by atoms with van der Waals surface area (Å²) in [5.41, 5.74) is 7.19. The number of H-pyrrole nitrogens is 1. The van der Waals surface area contributed by atoms with Crippen molar-refractivity contribution in [2.45, 2.75) is 39.3 Å². The van der Waals surface area contributed by atoms with Gasteiger partial charge in [0.15, 0.2) is 0 Å². The van der Waals surface area contributed by atoms with Crippen LogP contribution in [-0.2, 0) is 11.3 Å². The van der Waals surface area contributed by atoms with Gasteiger partial charge in [0, 0.05) is 17.8 Å². The third kappa shape index (κ3) is 3.24. The molecule has 2 heterocycles. The number of nitrogens with two attached hydrogens (primary N) is 1. The SMILES string of the molecule is Cc1cc(C)c(CNC(=O)N2CCCC2C(N)=O)c(=O)[nH]1. The Kier molecular flexibility index (Phi) is 4.30. The van der Waals surface area contributed by atoms with Crippen LogP contribution < -0.4 is 16.6 Å². The first-order chi connectivity index (χ1) is 9.90. The molecular formula is C14H20N4O3. The van der Waals surface area contributed by atoms with E-state index < -0.39 is 11.9 Å². The number of pyridine rings is 1. The molecule has 0 bridgehead atoms. The maximum atomic E-state index is 12.1. The van der Waals surface area contributed by atoms with Crippen LogP contribution in [0.1, 0.15) is 29.7 Å². The van der Waals surface area contributed by atoms with Gasteiger partial charge in [0.2, 0.25) is 5.91 Å². The van der Waals surface area contributed by atoms with Crippen LogP contribution in [0.4, 0.5) is 4.79 Å². The Labute approximate surface area is 122 Å². The quantitative estimate of drug-likeness (QED) is 0.738. The van der Waals surface area contributed by atoms with E-state index in [0.717, 1.165) is 17.7 Å². The van der Waals surface area contributed by atoms with Crippen molar-refractivity contribution in [1.82, 2.24) is 15.2 Å². The number of aromatic nitrogens is 1. The maximum absolute atomic E-state index is 12.1. The van der Waals surface area contributed by atoms with Crippen LogP contribution in [0.25, 0.3) is 0 Å². The predicted molar refractivity (Wildman–Crippen MR) is 77.7 cm³/mol. The lowest BCUT2D eigenvalue weighted by Gasteiger charge is -2.22. The molecule has 1 atom stereocenters. The van der Waals surface area contributed by atoms with Gasteiger partial charge >= 0.3 is 6.03 Å². The first-order valence-electron chi connectivity index (χ1n) is 6.93. The number of aryl methyl sites for hydroxylation is 2. The van der Waals surface area contributed by atoms with Gasteiger partial charge in [0.1, 0.15) is 6.04 Å². The number of aromatic amines is 1. The Bertz CT molecular complexity index is 623. The van der Waals surface area contributed by atoms with E-state index in [1.807, 2.05) is 13.0 Å². The van der Waals surface area contributed by atoms with Gasteiger partial charge in [-0.05, 0) is 38.3 Å². The summed E-state index contributed by atoms with van der Waals surface area (Å²) in [5.74, 6) is -0.494. The van der Waals surface area contributed by atoms with Crippen molar-refractivity contribution in [3.8, 4) is 0 Å². The second kappa shape index (κ2) is 5.99. The number of likely N-dealkylation sites (tertiary alicyclic amines) is 1. The van der Waals surface area contributed by atoms with Crippen LogP contribution >= 0.6 is 0 Å². The molecule has 4 N–H and O–H groups in total. The van der Waals surface area contributed by atoms with E-state index >= 15 is 0 Å². The minimum absolute atomic E-state index is 0.127. The summed E-state index contributed by atoms with van der Waals surface area (Å²) in [5, 5.41) is 2.69. The van der Waals surface area contributed by atoms with Crippen LogP contribution in [0.2, 0.25) is 0 Å². The Balaban J connectivity index is 2.05. The van der Waals surface area contributed by atoms with Gasteiger partial charge in [0.05, 0.1) is 6.54 Å². The van der Waals surface area contributed by atoms with Crippen molar-refractivity contribution in [2.75, 3.05) is 6.54 Å². The molecule has 21 heavy (non-hydrogen) atoms. The van der Waals surface area contributed by atoms with Gasteiger partial charge < -0.3 is 20.9 Å². The molecule has 0 saturated carbocycles. The molecule has 1 aromatic rings. The van der Waals surface area contributed by atoms with Crippen LogP contribution in [0.3, 0.4) is 0 Å². The van der Waals surface area contributed by atoms with Gasteiger partial charge in [-0.2, -0.15) is 0 Å². The normalized spacial score (nSPS) is 17.8. The zero-order valence-electron chi connectivity index (χ0n) is 12.2. The fraction of sp³-hybridized carbons (Fsp3) is 0.500. The van der Waals surface area contributed by atoms with E-state index in [0.29, 0.717) is 18.5 Å². The van der Waals surface area contributed by atoms with Crippen molar-refractivity contribution in [1.29, 1.82) is 0 Å². The van der Waals surface area contributed by atoms with E-state index in [4.69, 9.17) is 5.73 Å². The van der Waals surface area contributed by atoms with Gasteiger partial charge in [0.25, 0.3) is 5.56 Å². The van der Waals surface area contributed by atoms with Crippen molar-refractivity contribution < 1.29 is 9.59 Å². The molecule has 7 heteroatoms. The molecule has 1 fully saturated rings. The summed E-state index contributed by atoms with van der Waals surface area (Å²) < 4.78 is 0. The highest BCUT2D eigenvalue weighted by Crippen LogP contribution is 2.16. The number of carbonyl (C=O) groups excluding carboxylic acids is 2. The van der Waals surface area contributed by atoms with Gasteiger partial charge in [-0.15, -0.1) is 0 Å². The fourth-order valence-corrected chi connectivity index (χ4v) is 2.67. The Morgan fingerprint density at radius 3 is 2.81 bits per heavy atom. The molecule has 1 unspecified atom stereocenters. The number of nitrogens with zero attached hydrogens (tertiary/aromatic N) is 1. The average Bonchev–Trinajstić information content (AvgIpc) is 2.86. The molecule has 0 spiro atoms. The number of hydrogen-bond donors (Lipinski definition) is 3. The second-order valence-corrected chi connectivity index (χ2v) is 5.36. The monoisotopic (exact) mass is 292 g/mol. The molecule has 1 aliphatic rings. The smallest absolute Gasteiger partial charge is 0.318 e. The number of amides is 3. The van der Waals surface area contributed by atoms with Crippen molar-refractivity contribution in [3.05, 3.63) is 33.2 Å². The standard InChI is InChI=1S/C14H20N4O3/c1-8-6-9(2)17-13(20)10(8)7-16-14(21)18-5-3-4-11(18)12(15)19/h6,11H,3-5,7H2,1-2H3,(H2,15,19)(H,16,21)(H,17,20). The Morgan fingerprint density at radius 1 is 1.48 bits per heavy atom. The molecule has 3 amide bonds. The highest BCUT2D eigenvalue weighted by Gasteiger charge is 2.32. The number of rotatable bonds is 3. The molecule has 0 radical (unpaired) electrons. The predicted octanol–water partition coefficient (Wildman–Crippen LogP) is 0.151. The summed E-state index contributed by atoms with van der Waals surface area (Å²) in [6.45, 7) is 4.26. The van der Waals surface area contributed by atoms with E-state index in [1.54, 1.807) is 6.92 Å². The van der Waals surface area contributed by atoms with Crippen molar-refractivity contribution in [3.63, 3.8) is 0 Å². The number of hydrogen-bond acceptors (Lipinski definition) is 3. The third-order valence-electron chi connectivity index (χ3n) is 3.75. The molecule has 0 aliphatic carbocycles. The number of urea groups is 1. The minimum Gasteiger partial charge on any atom is -0.368 e. The van der Waals surface area contributed by atoms with E-state index in [9.17, 15) is 14.4 Å². The van der Waals surface area contributed by atoms with Gasteiger partial charge in [-0.3, -0.25) is 9.59 Å². The Hall–Kier alpha value is -2.31. The topological polar surface area (TPSA) is 108 Å². The van der Waals surface area contributed by atoms with Crippen molar-refractivity contribution in [2.24, 2.45) is 5.73 Å². The molecule has 2 rings (SSSR count). The summed E-state index contributed by atoms with van der Waals surface area (Å²) >= 11 is 0. The summed E-state index contributed by atoms with van der Waals surface area (Å²) in [4.78, 5) is 39.4. The average molecular weight is 292 g/mol. The zero-order valence-corrected chi connectivity index (χ0v) is 12.2. The van der Waals surface area contributed by atoms with E-state index in [-0.39, 0.29) is 18.1 Å². The largest absolute Gasteiger partial charge is 0.368 e. The lowest BCUT2D eigenvalue weighted by Crippen LogP contribution is -2.48. The lowest BCUT2D eigenvalue weighted by molar-refractivity contribution is -0.121. The Morgan fingerprint density at radius 2 is 2.19 bits per heavy atom. The van der Waals surface area contributed by atoms with Gasteiger partial charge in [-0.1, -0.05) is 0 Å². The minimum atomic E-state index is -0.553. The molecule has 1 aromatic heterocycles.